The molecule has 0 aliphatic heterocycles. The van der Waals surface area contributed by atoms with E-state index in [0.717, 1.165) is 10.5 Å². The Balaban J connectivity index is 2.37. The third-order valence-corrected chi connectivity index (χ3v) is 2.66. The Morgan fingerprint density at radius 1 is 1.33 bits per heavy atom. The summed E-state index contributed by atoms with van der Waals surface area (Å²) in [6, 6.07) is 5.53. The van der Waals surface area contributed by atoms with Crippen LogP contribution in [0.4, 0.5) is 4.39 Å². The minimum atomic E-state index is -0.472. The average Bonchev–Trinajstić information content (AvgIpc) is 2.31. The fourth-order valence-electron chi connectivity index (χ4n) is 1.44. The summed E-state index contributed by atoms with van der Waals surface area (Å²) in [6.07, 6.45) is 3.13. The van der Waals surface area contributed by atoms with Crippen LogP contribution < -0.4 is 4.74 Å². The second-order valence-corrected chi connectivity index (χ2v) is 4.55. The van der Waals surface area contributed by atoms with Crippen molar-refractivity contribution in [2.45, 2.75) is 6.92 Å². The van der Waals surface area contributed by atoms with Crippen molar-refractivity contribution in [2.75, 3.05) is 0 Å². The normalized spacial score (nSPS) is 10.2. The third kappa shape index (κ3) is 2.92. The molecular formula is C13H9BrFNO2. The van der Waals surface area contributed by atoms with Gasteiger partial charge >= 0.3 is 0 Å². The summed E-state index contributed by atoms with van der Waals surface area (Å²) in [5.74, 6) is 0.0506. The van der Waals surface area contributed by atoms with Crippen LogP contribution in [-0.4, -0.2) is 10.8 Å². The van der Waals surface area contributed by atoms with Gasteiger partial charge in [0.15, 0.2) is 5.78 Å². The van der Waals surface area contributed by atoms with Crippen LogP contribution in [0.3, 0.4) is 0 Å². The monoisotopic (exact) mass is 309 g/mol. The van der Waals surface area contributed by atoms with E-state index in [4.69, 9.17) is 4.74 Å². The molecule has 0 radical (unpaired) electrons. The van der Waals surface area contributed by atoms with Gasteiger partial charge in [-0.25, -0.2) is 4.39 Å². The SMILES string of the molecule is CC(=O)c1cc(F)ccc1Oc1cncc(Br)c1. The number of carbonyl (C=O) groups is 1. The molecule has 2 rings (SSSR count). The van der Waals surface area contributed by atoms with Crippen molar-refractivity contribution >= 4 is 21.7 Å². The van der Waals surface area contributed by atoms with E-state index in [9.17, 15) is 9.18 Å². The summed E-state index contributed by atoms with van der Waals surface area (Å²) in [7, 11) is 0. The molecule has 0 saturated heterocycles. The van der Waals surface area contributed by atoms with Crippen molar-refractivity contribution in [2.24, 2.45) is 0 Å². The number of Topliss-reactive ketones (excluding diaryl/α,β-unsaturated/α-hetero) is 1. The molecule has 0 spiro atoms. The molecule has 0 atom stereocenters. The molecule has 0 aliphatic carbocycles. The van der Waals surface area contributed by atoms with Crippen LogP contribution in [-0.2, 0) is 0 Å². The number of hydrogen-bond acceptors (Lipinski definition) is 3. The zero-order valence-electron chi connectivity index (χ0n) is 9.48. The molecule has 0 N–H and O–H groups in total. The van der Waals surface area contributed by atoms with Gasteiger partial charge in [-0.1, -0.05) is 0 Å². The maximum Gasteiger partial charge on any atom is 0.163 e. The molecule has 0 bridgehead atoms. The first-order chi connectivity index (χ1) is 8.56. The third-order valence-electron chi connectivity index (χ3n) is 2.23. The lowest BCUT2D eigenvalue weighted by Crippen LogP contribution is -1.98. The second-order valence-electron chi connectivity index (χ2n) is 3.64. The number of ketones is 1. The standard InChI is InChI=1S/C13H9BrFNO2/c1-8(17)12-5-10(15)2-3-13(12)18-11-4-9(14)6-16-7-11/h2-7H,1H3. The molecule has 2 aromatic rings. The van der Waals surface area contributed by atoms with Crippen LogP contribution in [0.25, 0.3) is 0 Å². The van der Waals surface area contributed by atoms with Crippen molar-refractivity contribution < 1.29 is 13.9 Å². The maximum absolute atomic E-state index is 13.1. The molecule has 0 aliphatic rings. The molecule has 5 heteroatoms. The van der Waals surface area contributed by atoms with Gasteiger partial charge in [-0.05, 0) is 47.1 Å². The van der Waals surface area contributed by atoms with Crippen LogP contribution in [0, 0.1) is 5.82 Å². The topological polar surface area (TPSA) is 39.2 Å². The van der Waals surface area contributed by atoms with Crippen molar-refractivity contribution in [3.05, 3.63) is 52.5 Å². The Morgan fingerprint density at radius 3 is 2.78 bits per heavy atom. The number of halogens is 2. The zero-order valence-corrected chi connectivity index (χ0v) is 11.1. The molecule has 0 saturated carbocycles. The molecule has 1 aromatic heterocycles. The Labute approximate surface area is 112 Å². The molecule has 0 amide bonds. The van der Waals surface area contributed by atoms with Crippen molar-refractivity contribution in [1.29, 1.82) is 0 Å². The Morgan fingerprint density at radius 2 is 2.11 bits per heavy atom. The van der Waals surface area contributed by atoms with E-state index in [1.54, 1.807) is 12.3 Å². The van der Waals surface area contributed by atoms with Crippen LogP contribution in [0.15, 0.2) is 41.1 Å². The summed E-state index contributed by atoms with van der Waals surface area (Å²) in [5.41, 5.74) is 0.204. The quantitative estimate of drug-likeness (QED) is 0.805. The van der Waals surface area contributed by atoms with Gasteiger partial charge in [0.05, 0.1) is 11.8 Å². The van der Waals surface area contributed by atoms with Gasteiger partial charge in [0, 0.05) is 10.7 Å². The number of rotatable bonds is 3. The number of carbonyl (C=O) groups excluding carboxylic acids is 1. The van der Waals surface area contributed by atoms with E-state index < -0.39 is 5.82 Å². The van der Waals surface area contributed by atoms with Crippen LogP contribution in [0.1, 0.15) is 17.3 Å². The van der Waals surface area contributed by atoms with Gasteiger partial charge < -0.3 is 4.74 Å². The number of hydrogen-bond donors (Lipinski definition) is 0. The van der Waals surface area contributed by atoms with E-state index in [1.807, 2.05) is 0 Å². The van der Waals surface area contributed by atoms with Gasteiger partial charge in [-0.2, -0.15) is 0 Å². The van der Waals surface area contributed by atoms with Gasteiger partial charge in [-0.3, -0.25) is 9.78 Å². The predicted molar refractivity (Wildman–Crippen MR) is 68.4 cm³/mol. The lowest BCUT2D eigenvalue weighted by molar-refractivity contribution is 0.101. The second kappa shape index (κ2) is 5.27. The fourth-order valence-corrected chi connectivity index (χ4v) is 1.79. The van der Waals surface area contributed by atoms with E-state index >= 15 is 0 Å². The highest BCUT2D eigenvalue weighted by Gasteiger charge is 2.11. The number of aromatic nitrogens is 1. The average molecular weight is 310 g/mol. The molecule has 18 heavy (non-hydrogen) atoms. The molecule has 1 heterocycles. The highest BCUT2D eigenvalue weighted by atomic mass is 79.9. The van der Waals surface area contributed by atoms with Gasteiger partial charge in [-0.15, -0.1) is 0 Å². The number of benzene rings is 1. The van der Waals surface area contributed by atoms with E-state index in [0.29, 0.717) is 11.5 Å². The van der Waals surface area contributed by atoms with Crippen molar-refractivity contribution in [3.63, 3.8) is 0 Å². The Kier molecular flexibility index (Phi) is 3.72. The molecule has 0 unspecified atom stereocenters. The highest BCUT2D eigenvalue weighted by molar-refractivity contribution is 9.10. The molecule has 92 valence electrons. The minimum Gasteiger partial charge on any atom is -0.455 e. The summed E-state index contributed by atoms with van der Waals surface area (Å²) >= 11 is 3.27. The lowest BCUT2D eigenvalue weighted by atomic mass is 10.1. The first kappa shape index (κ1) is 12.7. The first-order valence-electron chi connectivity index (χ1n) is 5.15. The predicted octanol–water partition coefficient (Wildman–Crippen LogP) is 3.98. The van der Waals surface area contributed by atoms with Crippen molar-refractivity contribution in [1.82, 2.24) is 4.98 Å². The highest BCUT2D eigenvalue weighted by Crippen LogP contribution is 2.27. The fraction of sp³-hybridized carbons (Fsp3) is 0.0769. The Bertz CT molecular complexity index is 601. The van der Waals surface area contributed by atoms with Gasteiger partial charge in [0.2, 0.25) is 0 Å². The molecular weight excluding hydrogens is 301 g/mol. The number of ether oxygens (including phenoxy) is 1. The van der Waals surface area contributed by atoms with Crippen LogP contribution >= 0.6 is 15.9 Å². The number of pyridine rings is 1. The summed E-state index contributed by atoms with van der Waals surface area (Å²) < 4.78 is 19.4. The van der Waals surface area contributed by atoms with E-state index in [2.05, 4.69) is 20.9 Å². The molecule has 3 nitrogen and oxygen atoms in total. The maximum atomic E-state index is 13.1. The van der Waals surface area contributed by atoms with Gasteiger partial charge in [0.1, 0.15) is 17.3 Å². The van der Waals surface area contributed by atoms with E-state index in [-0.39, 0.29) is 11.3 Å². The smallest absolute Gasteiger partial charge is 0.163 e. The minimum absolute atomic E-state index is 0.204. The Hall–Kier alpha value is -1.75. The molecule has 1 aromatic carbocycles. The number of nitrogens with zero attached hydrogens (tertiary/aromatic N) is 1. The zero-order chi connectivity index (χ0) is 13.1. The van der Waals surface area contributed by atoms with Crippen LogP contribution in [0.2, 0.25) is 0 Å². The molecule has 0 fully saturated rings. The summed E-state index contributed by atoms with van der Waals surface area (Å²) in [4.78, 5) is 15.3. The van der Waals surface area contributed by atoms with E-state index in [1.165, 1.54) is 25.3 Å². The van der Waals surface area contributed by atoms with Crippen molar-refractivity contribution in [3.8, 4) is 11.5 Å². The van der Waals surface area contributed by atoms with Gasteiger partial charge in [0.25, 0.3) is 0 Å². The first-order valence-corrected chi connectivity index (χ1v) is 5.94. The summed E-state index contributed by atoms with van der Waals surface area (Å²) in [5, 5.41) is 0. The largest absolute Gasteiger partial charge is 0.455 e. The summed E-state index contributed by atoms with van der Waals surface area (Å²) in [6.45, 7) is 1.36. The van der Waals surface area contributed by atoms with Crippen LogP contribution in [0.5, 0.6) is 11.5 Å². The lowest BCUT2D eigenvalue weighted by Gasteiger charge is -2.09.